The molecular formula is C11H15NO4S. The highest BCUT2D eigenvalue weighted by molar-refractivity contribution is 7.92. The number of sulfonamides is 1. The number of hydrogen-bond acceptors (Lipinski definition) is 4. The first-order valence-corrected chi connectivity index (χ1v) is 7.08. The molecule has 0 aromatic heterocycles. The third-order valence-corrected chi connectivity index (χ3v) is 3.83. The number of anilines is 1. The number of rotatable bonds is 3. The maximum absolute atomic E-state index is 11.5. The third-order valence-electron chi connectivity index (χ3n) is 2.53. The molecule has 1 aromatic carbocycles. The predicted molar refractivity (Wildman–Crippen MR) is 65.3 cm³/mol. The van der Waals surface area contributed by atoms with Gasteiger partial charge in [0.15, 0.2) is 11.5 Å². The van der Waals surface area contributed by atoms with Crippen molar-refractivity contribution in [1.82, 2.24) is 0 Å². The highest BCUT2D eigenvalue weighted by atomic mass is 32.2. The van der Waals surface area contributed by atoms with E-state index in [9.17, 15) is 8.42 Å². The van der Waals surface area contributed by atoms with E-state index < -0.39 is 10.0 Å². The molecule has 0 amide bonds. The van der Waals surface area contributed by atoms with E-state index in [0.29, 0.717) is 30.4 Å². The molecule has 0 fully saturated rings. The summed E-state index contributed by atoms with van der Waals surface area (Å²) in [6, 6.07) is 3.44. The van der Waals surface area contributed by atoms with E-state index in [1.165, 1.54) is 0 Å². The van der Waals surface area contributed by atoms with E-state index in [2.05, 4.69) is 4.72 Å². The minimum absolute atomic E-state index is 0.0425. The average molecular weight is 257 g/mol. The normalized spacial score (nSPS) is 14.5. The Morgan fingerprint density at radius 2 is 1.82 bits per heavy atom. The standard InChI is InChI=1S/C11H15NO4S/c1-3-17(13,14)12-9-7-11-10(6-8(9)2)15-4-5-16-11/h6-7,12H,3-5H2,1-2H3. The van der Waals surface area contributed by atoms with Crippen LogP contribution in [0.4, 0.5) is 5.69 Å². The Labute approximate surface area is 101 Å². The van der Waals surface area contributed by atoms with Crippen molar-refractivity contribution in [2.45, 2.75) is 13.8 Å². The number of ether oxygens (including phenoxy) is 2. The molecule has 94 valence electrons. The summed E-state index contributed by atoms with van der Waals surface area (Å²) in [6.07, 6.45) is 0. The highest BCUT2D eigenvalue weighted by Gasteiger charge is 2.16. The molecule has 1 heterocycles. The number of benzene rings is 1. The van der Waals surface area contributed by atoms with Crippen LogP contribution in [0, 0.1) is 6.92 Å². The van der Waals surface area contributed by atoms with E-state index in [-0.39, 0.29) is 5.75 Å². The third kappa shape index (κ3) is 2.63. The molecule has 17 heavy (non-hydrogen) atoms. The molecule has 2 rings (SSSR count). The van der Waals surface area contributed by atoms with E-state index >= 15 is 0 Å². The van der Waals surface area contributed by atoms with Crippen LogP contribution in [0.5, 0.6) is 11.5 Å². The summed E-state index contributed by atoms with van der Waals surface area (Å²) in [5.74, 6) is 1.28. The van der Waals surface area contributed by atoms with Crippen molar-refractivity contribution in [3.8, 4) is 11.5 Å². The zero-order valence-corrected chi connectivity index (χ0v) is 10.6. The van der Waals surface area contributed by atoms with Gasteiger partial charge in [0, 0.05) is 6.07 Å². The van der Waals surface area contributed by atoms with Crippen LogP contribution in [0.15, 0.2) is 12.1 Å². The van der Waals surface area contributed by atoms with Crippen LogP contribution in [-0.4, -0.2) is 27.4 Å². The maximum atomic E-state index is 11.5. The average Bonchev–Trinajstić information content (AvgIpc) is 2.30. The minimum Gasteiger partial charge on any atom is -0.486 e. The number of nitrogens with one attached hydrogen (secondary N) is 1. The lowest BCUT2D eigenvalue weighted by Crippen LogP contribution is -2.18. The predicted octanol–water partition coefficient (Wildman–Crippen LogP) is 1.53. The van der Waals surface area contributed by atoms with Gasteiger partial charge in [-0.15, -0.1) is 0 Å². The molecule has 1 aliphatic rings. The number of aryl methyl sites for hydroxylation is 1. The van der Waals surface area contributed by atoms with Crippen molar-refractivity contribution >= 4 is 15.7 Å². The summed E-state index contributed by atoms with van der Waals surface area (Å²) >= 11 is 0. The first-order valence-electron chi connectivity index (χ1n) is 5.42. The fraction of sp³-hybridized carbons (Fsp3) is 0.455. The number of hydrogen-bond donors (Lipinski definition) is 1. The molecular weight excluding hydrogens is 242 g/mol. The summed E-state index contributed by atoms with van der Waals surface area (Å²) in [5, 5.41) is 0. The van der Waals surface area contributed by atoms with Gasteiger partial charge in [-0.25, -0.2) is 8.42 Å². The molecule has 0 spiro atoms. The summed E-state index contributed by atoms with van der Waals surface area (Å²) in [4.78, 5) is 0. The van der Waals surface area contributed by atoms with Crippen LogP contribution >= 0.6 is 0 Å². The van der Waals surface area contributed by atoms with Gasteiger partial charge in [0.05, 0.1) is 11.4 Å². The van der Waals surface area contributed by atoms with Crippen molar-refractivity contribution in [2.24, 2.45) is 0 Å². The van der Waals surface area contributed by atoms with Gasteiger partial charge in [0.25, 0.3) is 0 Å². The van der Waals surface area contributed by atoms with Crippen molar-refractivity contribution in [3.63, 3.8) is 0 Å². The van der Waals surface area contributed by atoms with Crippen LogP contribution < -0.4 is 14.2 Å². The SMILES string of the molecule is CCS(=O)(=O)Nc1cc2c(cc1C)OCCO2. The van der Waals surface area contributed by atoms with Gasteiger partial charge in [-0.2, -0.15) is 0 Å². The molecule has 0 aliphatic carbocycles. The molecule has 0 radical (unpaired) electrons. The molecule has 6 heteroatoms. The van der Waals surface area contributed by atoms with Gasteiger partial charge in [-0.1, -0.05) is 0 Å². The summed E-state index contributed by atoms with van der Waals surface area (Å²) < 4.78 is 36.4. The van der Waals surface area contributed by atoms with Crippen LogP contribution in [0.1, 0.15) is 12.5 Å². The topological polar surface area (TPSA) is 64.6 Å². The second-order valence-electron chi connectivity index (χ2n) is 3.82. The van der Waals surface area contributed by atoms with Crippen molar-refractivity contribution in [3.05, 3.63) is 17.7 Å². The van der Waals surface area contributed by atoms with Gasteiger partial charge in [0.1, 0.15) is 13.2 Å². The van der Waals surface area contributed by atoms with Crippen LogP contribution in [0.25, 0.3) is 0 Å². The monoisotopic (exact) mass is 257 g/mol. The Kier molecular flexibility index (Phi) is 3.15. The van der Waals surface area contributed by atoms with E-state index in [0.717, 1.165) is 5.56 Å². The van der Waals surface area contributed by atoms with E-state index in [1.54, 1.807) is 19.1 Å². The molecule has 0 saturated heterocycles. The molecule has 0 saturated carbocycles. The summed E-state index contributed by atoms with van der Waals surface area (Å²) in [7, 11) is -3.27. The van der Waals surface area contributed by atoms with Gasteiger partial charge in [-0.05, 0) is 25.5 Å². The fourth-order valence-electron chi connectivity index (χ4n) is 1.54. The van der Waals surface area contributed by atoms with Crippen LogP contribution in [0.2, 0.25) is 0 Å². The smallest absolute Gasteiger partial charge is 0.232 e. The largest absolute Gasteiger partial charge is 0.486 e. The Bertz CT molecular complexity index is 525. The second kappa shape index (κ2) is 4.44. The first-order chi connectivity index (χ1) is 8.02. The molecule has 0 bridgehead atoms. The summed E-state index contributed by atoms with van der Waals surface area (Å²) in [5.41, 5.74) is 1.35. The molecule has 5 nitrogen and oxygen atoms in total. The van der Waals surface area contributed by atoms with E-state index in [1.807, 2.05) is 6.92 Å². The van der Waals surface area contributed by atoms with Gasteiger partial charge in [-0.3, -0.25) is 4.72 Å². The van der Waals surface area contributed by atoms with Gasteiger partial charge < -0.3 is 9.47 Å². The van der Waals surface area contributed by atoms with Crippen LogP contribution in [-0.2, 0) is 10.0 Å². The van der Waals surface area contributed by atoms with Gasteiger partial charge >= 0.3 is 0 Å². The molecule has 1 aromatic rings. The minimum atomic E-state index is -3.27. The second-order valence-corrected chi connectivity index (χ2v) is 5.83. The highest BCUT2D eigenvalue weighted by Crippen LogP contribution is 2.35. The lowest BCUT2D eigenvalue weighted by atomic mass is 10.2. The van der Waals surface area contributed by atoms with E-state index in [4.69, 9.17) is 9.47 Å². The molecule has 0 atom stereocenters. The number of fused-ring (bicyclic) bond motifs is 1. The lowest BCUT2D eigenvalue weighted by molar-refractivity contribution is 0.171. The Balaban J connectivity index is 2.35. The quantitative estimate of drug-likeness (QED) is 0.891. The van der Waals surface area contributed by atoms with Crippen molar-refractivity contribution in [2.75, 3.05) is 23.7 Å². The molecule has 1 aliphatic heterocycles. The lowest BCUT2D eigenvalue weighted by Gasteiger charge is -2.20. The van der Waals surface area contributed by atoms with Crippen LogP contribution in [0.3, 0.4) is 0 Å². The molecule has 1 N–H and O–H groups in total. The Morgan fingerprint density at radius 3 is 2.41 bits per heavy atom. The van der Waals surface area contributed by atoms with Crippen molar-refractivity contribution < 1.29 is 17.9 Å². The van der Waals surface area contributed by atoms with Crippen molar-refractivity contribution in [1.29, 1.82) is 0 Å². The Hall–Kier alpha value is -1.43. The Morgan fingerprint density at radius 1 is 1.24 bits per heavy atom. The maximum Gasteiger partial charge on any atom is 0.232 e. The summed E-state index contributed by atoms with van der Waals surface area (Å²) in [6.45, 7) is 4.42. The zero-order valence-electron chi connectivity index (χ0n) is 9.82. The molecule has 0 unspecified atom stereocenters. The fourth-order valence-corrected chi connectivity index (χ4v) is 2.24. The zero-order chi connectivity index (χ0) is 12.5. The van der Waals surface area contributed by atoms with Gasteiger partial charge in [0.2, 0.25) is 10.0 Å². The first kappa shape index (κ1) is 12.0.